The summed E-state index contributed by atoms with van der Waals surface area (Å²) in [5, 5.41) is 0. The molecule has 0 bridgehead atoms. The van der Waals surface area contributed by atoms with Crippen molar-refractivity contribution in [3.05, 3.63) is 35.9 Å². The van der Waals surface area contributed by atoms with E-state index in [1.807, 2.05) is 26.0 Å². The van der Waals surface area contributed by atoms with Crippen LogP contribution in [0.2, 0.25) is 0 Å². The van der Waals surface area contributed by atoms with E-state index in [0.717, 1.165) is 22.9 Å². The quantitative estimate of drug-likeness (QED) is 0.586. The lowest BCUT2D eigenvalue weighted by Gasteiger charge is -2.21. The molecule has 2 aromatic carbocycles. The monoisotopic (exact) mass is 458 g/mol. The van der Waals surface area contributed by atoms with Gasteiger partial charge in [0.05, 0.1) is 34.1 Å². The third-order valence-electron chi connectivity index (χ3n) is 5.59. The maximum atomic E-state index is 10.1. The number of nitrogens with two attached hydrogens (primary N) is 1. The van der Waals surface area contributed by atoms with Crippen LogP contribution in [0.15, 0.2) is 35.3 Å². The van der Waals surface area contributed by atoms with Gasteiger partial charge in [-0.1, -0.05) is 27.7 Å². The van der Waals surface area contributed by atoms with Crippen LogP contribution in [0.3, 0.4) is 0 Å². The van der Waals surface area contributed by atoms with Gasteiger partial charge in [-0.2, -0.15) is 0 Å². The summed E-state index contributed by atoms with van der Waals surface area (Å²) >= 11 is 0. The molecule has 0 amide bonds. The van der Waals surface area contributed by atoms with Gasteiger partial charge in [0.2, 0.25) is 0 Å². The Morgan fingerprint density at radius 1 is 0.879 bits per heavy atom. The molecule has 0 aromatic heterocycles. The molecule has 3 rings (SSSR count). The second-order valence-corrected chi connectivity index (χ2v) is 8.43. The molecule has 0 aliphatic carbocycles. The summed E-state index contributed by atoms with van der Waals surface area (Å²) in [4.78, 5) is 14.7. The Morgan fingerprint density at radius 3 is 1.79 bits per heavy atom. The summed E-state index contributed by atoms with van der Waals surface area (Å²) in [6.07, 6.45) is 0. The average Bonchev–Trinajstić information content (AvgIpc) is 3.00. The predicted molar refractivity (Wildman–Crippen MR) is 135 cm³/mol. The minimum absolute atomic E-state index is 0.0190. The molecule has 2 N–H and O–H groups in total. The minimum atomic E-state index is -0.0190. The molecule has 1 heterocycles. The van der Waals surface area contributed by atoms with Crippen molar-refractivity contribution in [1.82, 2.24) is 0 Å². The number of Topliss-reactive ketones (excluding diaryl/α,β-unsaturated/α-hetero) is 1. The Labute approximate surface area is 197 Å². The molecule has 0 unspecified atom stereocenters. The maximum absolute atomic E-state index is 10.1. The highest BCUT2D eigenvalue weighted by atomic mass is 16.5. The Bertz CT molecular complexity index is 981. The molecule has 33 heavy (non-hydrogen) atoms. The fraction of sp³-hybridized carbons (Fsp3) is 0.462. The summed E-state index contributed by atoms with van der Waals surface area (Å²) in [6, 6.07) is 9.22. The van der Waals surface area contributed by atoms with Crippen molar-refractivity contribution in [2.45, 2.75) is 47.0 Å². The zero-order chi connectivity index (χ0) is 25.3. The van der Waals surface area contributed by atoms with E-state index in [-0.39, 0.29) is 17.1 Å². The summed E-state index contributed by atoms with van der Waals surface area (Å²) in [6.45, 7) is 11.8. The summed E-state index contributed by atoms with van der Waals surface area (Å²) in [5.41, 5.74) is 9.48. The van der Waals surface area contributed by atoms with E-state index in [1.54, 1.807) is 53.6 Å². The fourth-order valence-corrected chi connectivity index (χ4v) is 2.83. The number of hydrogen-bond donors (Lipinski definition) is 1. The SMILES string of the molecule is CC(=O)C(C)C.COc1cc2c(cc1OC)C(C)(C)C(C)=N2.COc1ccc(N)cc1OC. The van der Waals surface area contributed by atoms with E-state index in [1.165, 1.54) is 5.56 Å². The van der Waals surface area contributed by atoms with E-state index in [2.05, 4.69) is 25.8 Å². The van der Waals surface area contributed by atoms with Crippen LogP contribution in [-0.2, 0) is 10.2 Å². The van der Waals surface area contributed by atoms with Gasteiger partial charge < -0.3 is 24.7 Å². The van der Waals surface area contributed by atoms with Crippen LogP contribution >= 0.6 is 0 Å². The lowest BCUT2D eigenvalue weighted by molar-refractivity contribution is -0.119. The van der Waals surface area contributed by atoms with Crippen molar-refractivity contribution in [2.24, 2.45) is 10.9 Å². The molecule has 0 spiro atoms. The van der Waals surface area contributed by atoms with Crippen molar-refractivity contribution < 1.29 is 23.7 Å². The molecule has 2 aromatic rings. The van der Waals surface area contributed by atoms with Crippen LogP contribution in [0.1, 0.15) is 47.1 Å². The van der Waals surface area contributed by atoms with E-state index in [4.69, 9.17) is 24.7 Å². The number of carbonyl (C=O) groups excluding carboxylic acids is 1. The number of ether oxygens (including phenoxy) is 4. The number of nitrogens with zero attached hydrogens (tertiary/aromatic N) is 1. The zero-order valence-electron chi connectivity index (χ0n) is 21.5. The van der Waals surface area contributed by atoms with E-state index < -0.39 is 0 Å². The van der Waals surface area contributed by atoms with Crippen LogP contribution in [0.5, 0.6) is 23.0 Å². The topological polar surface area (TPSA) is 92.4 Å². The fourth-order valence-electron chi connectivity index (χ4n) is 2.83. The average molecular weight is 459 g/mol. The second kappa shape index (κ2) is 12.1. The number of carbonyl (C=O) groups is 1. The predicted octanol–water partition coefficient (Wildman–Crippen LogP) is 5.60. The number of benzene rings is 2. The maximum Gasteiger partial charge on any atom is 0.162 e. The van der Waals surface area contributed by atoms with Gasteiger partial charge in [-0.3, -0.25) is 9.79 Å². The van der Waals surface area contributed by atoms with Gasteiger partial charge in [0.1, 0.15) is 5.78 Å². The Kier molecular flexibility index (Phi) is 10.2. The molecular weight excluding hydrogens is 420 g/mol. The molecule has 0 atom stereocenters. The number of hydrogen-bond acceptors (Lipinski definition) is 7. The van der Waals surface area contributed by atoms with Crippen molar-refractivity contribution in [3.63, 3.8) is 0 Å². The molecule has 1 aliphatic heterocycles. The van der Waals surface area contributed by atoms with Crippen LogP contribution in [0.4, 0.5) is 11.4 Å². The minimum Gasteiger partial charge on any atom is -0.493 e. The lowest BCUT2D eigenvalue weighted by atomic mass is 9.82. The van der Waals surface area contributed by atoms with Gasteiger partial charge in [-0.25, -0.2) is 0 Å². The first-order valence-corrected chi connectivity index (χ1v) is 10.7. The number of aliphatic imine (C=N–C) groups is 1. The van der Waals surface area contributed by atoms with E-state index in [9.17, 15) is 4.79 Å². The Hall–Kier alpha value is -3.22. The van der Waals surface area contributed by atoms with Gasteiger partial charge in [-0.05, 0) is 37.6 Å². The van der Waals surface area contributed by atoms with E-state index in [0.29, 0.717) is 17.2 Å². The number of rotatable bonds is 5. The molecule has 0 saturated heterocycles. The highest BCUT2D eigenvalue weighted by molar-refractivity contribution is 6.00. The summed E-state index contributed by atoms with van der Waals surface area (Å²) in [7, 11) is 6.46. The molecule has 182 valence electrons. The van der Waals surface area contributed by atoms with Crippen LogP contribution in [0, 0.1) is 5.92 Å². The lowest BCUT2D eigenvalue weighted by Crippen LogP contribution is -2.22. The normalized spacial score (nSPS) is 12.9. The largest absolute Gasteiger partial charge is 0.493 e. The number of anilines is 1. The standard InChI is InChI=1S/C13H17NO2.C8H11NO2.C5H10O/c1-8-13(2,3)9-6-11(15-4)12(16-5)7-10(9)14-8;1-10-7-4-3-6(9)5-8(7)11-2;1-4(2)5(3)6/h6-7H,1-5H3;3-5H,9H2,1-2H3;4H,1-3H3. The Morgan fingerprint density at radius 2 is 1.33 bits per heavy atom. The van der Waals surface area contributed by atoms with Crippen molar-refractivity contribution in [2.75, 3.05) is 34.2 Å². The third kappa shape index (κ3) is 7.14. The van der Waals surface area contributed by atoms with Gasteiger partial charge >= 0.3 is 0 Å². The number of nitrogen functional groups attached to an aromatic ring is 1. The van der Waals surface area contributed by atoms with Crippen LogP contribution in [-0.4, -0.2) is 39.9 Å². The summed E-state index contributed by atoms with van der Waals surface area (Å²) < 4.78 is 20.6. The summed E-state index contributed by atoms with van der Waals surface area (Å²) in [5.74, 6) is 3.32. The van der Waals surface area contributed by atoms with Crippen molar-refractivity contribution in [3.8, 4) is 23.0 Å². The smallest absolute Gasteiger partial charge is 0.162 e. The molecule has 7 heteroatoms. The van der Waals surface area contributed by atoms with Crippen LogP contribution in [0.25, 0.3) is 0 Å². The van der Waals surface area contributed by atoms with Gasteiger partial charge in [0.15, 0.2) is 23.0 Å². The molecule has 0 saturated carbocycles. The molecule has 7 nitrogen and oxygen atoms in total. The number of ketones is 1. The van der Waals surface area contributed by atoms with Gasteiger partial charge in [0, 0.05) is 34.9 Å². The third-order valence-corrected chi connectivity index (χ3v) is 5.59. The molecular formula is C26H38N2O5. The first-order valence-electron chi connectivity index (χ1n) is 10.7. The van der Waals surface area contributed by atoms with Crippen LogP contribution < -0.4 is 24.7 Å². The van der Waals surface area contributed by atoms with Gasteiger partial charge in [-0.15, -0.1) is 0 Å². The molecule has 1 aliphatic rings. The number of methoxy groups -OCH3 is 4. The molecule has 0 radical (unpaired) electrons. The highest BCUT2D eigenvalue weighted by Crippen LogP contribution is 2.45. The Balaban J connectivity index is 0.000000278. The first kappa shape index (κ1) is 27.8. The first-order chi connectivity index (χ1) is 15.4. The second-order valence-electron chi connectivity index (χ2n) is 8.43. The highest BCUT2D eigenvalue weighted by Gasteiger charge is 2.33. The van der Waals surface area contributed by atoms with Crippen molar-refractivity contribution >= 4 is 22.9 Å². The number of fused-ring (bicyclic) bond motifs is 1. The zero-order valence-corrected chi connectivity index (χ0v) is 21.5. The van der Waals surface area contributed by atoms with Gasteiger partial charge in [0.25, 0.3) is 0 Å². The van der Waals surface area contributed by atoms with Crippen molar-refractivity contribution in [1.29, 1.82) is 0 Å². The molecule has 0 fully saturated rings. The van der Waals surface area contributed by atoms with E-state index >= 15 is 0 Å².